The van der Waals surface area contributed by atoms with Crippen LogP contribution in [0.15, 0.2) is 12.3 Å². The predicted octanol–water partition coefficient (Wildman–Crippen LogP) is 3.00. The van der Waals surface area contributed by atoms with Crippen LogP contribution in [0.2, 0.25) is 0 Å². The van der Waals surface area contributed by atoms with Crippen molar-refractivity contribution in [3.63, 3.8) is 0 Å². The Morgan fingerprint density at radius 2 is 2.05 bits per heavy atom. The molecule has 1 saturated carbocycles. The molecular weight excluding hydrogens is 277 g/mol. The van der Waals surface area contributed by atoms with Crippen LogP contribution in [-0.2, 0) is 4.74 Å². The highest BCUT2D eigenvalue weighted by molar-refractivity contribution is 5.69. The summed E-state index contributed by atoms with van der Waals surface area (Å²) in [6.45, 7) is 5.10. The fourth-order valence-electron chi connectivity index (χ4n) is 1.58. The molecule has 1 aromatic rings. The zero-order valence-electron chi connectivity index (χ0n) is 11.3. The van der Waals surface area contributed by atoms with Crippen LogP contribution in [0.3, 0.4) is 0 Å². The first-order chi connectivity index (χ1) is 9.06. The Labute approximate surface area is 113 Å². The summed E-state index contributed by atoms with van der Waals surface area (Å²) in [5, 5.41) is 3.74. The van der Waals surface area contributed by atoms with Crippen molar-refractivity contribution in [3.8, 4) is 5.88 Å². The fourth-order valence-corrected chi connectivity index (χ4v) is 1.58. The van der Waals surface area contributed by atoms with E-state index >= 15 is 0 Å². The van der Waals surface area contributed by atoms with Crippen LogP contribution in [0.1, 0.15) is 27.2 Å². The van der Waals surface area contributed by atoms with Crippen LogP contribution in [-0.4, -0.2) is 33.8 Å². The predicted molar refractivity (Wildman–Crippen MR) is 62.4 cm³/mol. The average molecular weight is 292 g/mol. The van der Waals surface area contributed by atoms with Gasteiger partial charge >= 0.3 is 12.3 Å². The lowest BCUT2D eigenvalue weighted by atomic mass is 10.2. The van der Waals surface area contributed by atoms with Crippen molar-refractivity contribution in [2.45, 2.75) is 45.1 Å². The van der Waals surface area contributed by atoms with Crippen molar-refractivity contribution in [1.29, 1.82) is 0 Å². The van der Waals surface area contributed by atoms with Crippen LogP contribution in [0, 0.1) is 5.92 Å². The molecule has 0 aromatic carbocycles. The summed E-state index contributed by atoms with van der Waals surface area (Å²) in [5.41, 5.74) is -0.679. The monoisotopic (exact) mass is 292 g/mol. The molecule has 0 amide bonds. The topological polar surface area (TPSA) is 53.4 Å². The van der Waals surface area contributed by atoms with Crippen LogP contribution in [0.25, 0.3) is 0 Å². The summed E-state index contributed by atoms with van der Waals surface area (Å²) in [6, 6.07) is 1.33. The van der Waals surface area contributed by atoms with E-state index in [1.54, 1.807) is 20.8 Å². The van der Waals surface area contributed by atoms with Crippen molar-refractivity contribution in [3.05, 3.63) is 12.3 Å². The minimum atomic E-state index is -4.25. The van der Waals surface area contributed by atoms with Crippen LogP contribution in [0.5, 0.6) is 5.88 Å². The number of aromatic nitrogens is 2. The first kappa shape index (κ1) is 14.7. The summed E-state index contributed by atoms with van der Waals surface area (Å²) in [4.78, 5) is 11.6. The Bertz CT molecular complexity index is 505. The van der Waals surface area contributed by atoms with Gasteiger partial charge < -0.3 is 9.47 Å². The molecule has 5 nitrogen and oxygen atoms in total. The maximum absolute atomic E-state index is 12.3. The number of hydrogen-bond acceptors (Lipinski definition) is 4. The molecule has 0 aliphatic heterocycles. The van der Waals surface area contributed by atoms with E-state index in [4.69, 9.17) is 9.47 Å². The van der Waals surface area contributed by atoms with E-state index in [9.17, 15) is 18.0 Å². The number of nitrogens with zero attached hydrogens (tertiary/aromatic N) is 2. The Morgan fingerprint density at radius 1 is 1.40 bits per heavy atom. The minimum absolute atomic E-state index is 0.0207. The van der Waals surface area contributed by atoms with Gasteiger partial charge in [0.2, 0.25) is 5.88 Å². The van der Waals surface area contributed by atoms with E-state index in [1.165, 1.54) is 12.3 Å². The summed E-state index contributed by atoms with van der Waals surface area (Å²) >= 11 is 0. The average Bonchev–Trinajstić information content (AvgIpc) is 2.84. The van der Waals surface area contributed by atoms with E-state index in [1.807, 2.05) is 0 Å². The van der Waals surface area contributed by atoms with Crippen LogP contribution in [0.4, 0.5) is 18.0 Å². The molecule has 2 rings (SSSR count). The molecule has 20 heavy (non-hydrogen) atoms. The largest absolute Gasteiger partial charge is 0.473 e. The number of rotatable bonds is 2. The second-order valence-corrected chi connectivity index (χ2v) is 5.62. The van der Waals surface area contributed by atoms with E-state index < -0.39 is 29.9 Å². The number of ether oxygens (including phenoxy) is 2. The zero-order valence-corrected chi connectivity index (χ0v) is 11.3. The number of carbonyl (C=O) groups is 1. The number of halogens is 3. The molecule has 8 heteroatoms. The van der Waals surface area contributed by atoms with Gasteiger partial charge in [0.1, 0.15) is 11.7 Å². The summed E-state index contributed by atoms with van der Waals surface area (Å²) in [7, 11) is 0. The van der Waals surface area contributed by atoms with Crippen molar-refractivity contribution in [1.82, 2.24) is 9.78 Å². The van der Waals surface area contributed by atoms with Crippen LogP contribution < -0.4 is 4.74 Å². The highest BCUT2D eigenvalue weighted by Gasteiger charge is 2.57. The van der Waals surface area contributed by atoms with E-state index in [2.05, 4.69) is 5.10 Å². The molecule has 0 radical (unpaired) electrons. The summed E-state index contributed by atoms with van der Waals surface area (Å²) in [5.74, 6) is -1.47. The maximum Gasteiger partial charge on any atom is 0.435 e. The highest BCUT2D eigenvalue weighted by atomic mass is 19.4. The van der Waals surface area contributed by atoms with Crippen molar-refractivity contribution >= 4 is 6.09 Å². The molecule has 1 fully saturated rings. The Morgan fingerprint density at radius 3 is 2.55 bits per heavy atom. The quantitative estimate of drug-likeness (QED) is 0.841. The van der Waals surface area contributed by atoms with Gasteiger partial charge in [0, 0.05) is 12.3 Å². The Hall–Kier alpha value is -1.73. The SMILES string of the molecule is CC(C)(C)OC(=O)n1ccc(OC2CC2C(F)(F)F)n1. The van der Waals surface area contributed by atoms with Gasteiger partial charge in [-0.25, -0.2) is 4.79 Å². The smallest absolute Gasteiger partial charge is 0.435 e. The third-order valence-corrected chi connectivity index (χ3v) is 2.57. The van der Waals surface area contributed by atoms with Gasteiger partial charge in [-0.2, -0.15) is 17.9 Å². The molecule has 1 aliphatic carbocycles. The first-order valence-electron chi connectivity index (χ1n) is 6.09. The minimum Gasteiger partial charge on any atom is -0.473 e. The standard InChI is InChI=1S/C12H15F3N2O3/c1-11(2,3)20-10(18)17-5-4-9(16-17)19-8-6-7(8)12(13,14)15/h4-5,7-8H,6H2,1-3H3. The van der Waals surface area contributed by atoms with Crippen molar-refractivity contribution in [2.75, 3.05) is 0 Å². The fraction of sp³-hybridized carbons (Fsp3) is 0.667. The first-order valence-corrected chi connectivity index (χ1v) is 6.09. The molecule has 1 aliphatic rings. The second-order valence-electron chi connectivity index (χ2n) is 5.62. The third kappa shape index (κ3) is 3.64. The molecule has 2 unspecified atom stereocenters. The molecular formula is C12H15F3N2O3. The molecule has 1 heterocycles. The van der Waals surface area contributed by atoms with Crippen LogP contribution >= 0.6 is 0 Å². The molecule has 1 aromatic heterocycles. The zero-order chi connectivity index (χ0) is 15.1. The summed E-state index contributed by atoms with van der Waals surface area (Å²) < 4.78 is 48.0. The second kappa shape index (κ2) is 4.68. The number of carbonyl (C=O) groups excluding carboxylic acids is 1. The van der Waals surface area contributed by atoms with Gasteiger partial charge in [0.05, 0.1) is 5.92 Å². The van der Waals surface area contributed by atoms with Gasteiger partial charge in [-0.15, -0.1) is 5.10 Å². The van der Waals surface area contributed by atoms with Gasteiger partial charge in [-0.3, -0.25) is 0 Å². The summed E-state index contributed by atoms with van der Waals surface area (Å²) in [6.07, 6.45) is -4.68. The van der Waals surface area contributed by atoms with E-state index in [0.717, 1.165) is 4.68 Å². The third-order valence-electron chi connectivity index (χ3n) is 2.57. The molecule has 0 spiro atoms. The molecule has 0 saturated heterocycles. The molecule has 0 N–H and O–H groups in total. The normalized spacial score (nSPS) is 22.5. The number of alkyl halides is 3. The highest BCUT2D eigenvalue weighted by Crippen LogP contribution is 2.46. The van der Waals surface area contributed by atoms with E-state index in [0.29, 0.717) is 0 Å². The lowest BCUT2D eigenvalue weighted by Gasteiger charge is -2.18. The lowest BCUT2D eigenvalue weighted by Crippen LogP contribution is -2.27. The van der Waals surface area contributed by atoms with Crippen molar-refractivity contribution < 1.29 is 27.4 Å². The van der Waals surface area contributed by atoms with Gasteiger partial charge in [-0.1, -0.05) is 0 Å². The molecule has 112 valence electrons. The lowest BCUT2D eigenvalue weighted by molar-refractivity contribution is -0.153. The van der Waals surface area contributed by atoms with Gasteiger partial charge in [0.15, 0.2) is 0 Å². The molecule has 2 atom stereocenters. The maximum atomic E-state index is 12.3. The molecule has 0 bridgehead atoms. The van der Waals surface area contributed by atoms with Gasteiger partial charge in [0.25, 0.3) is 0 Å². The Kier molecular flexibility index (Phi) is 3.43. The number of hydrogen-bond donors (Lipinski definition) is 0. The van der Waals surface area contributed by atoms with Gasteiger partial charge in [-0.05, 0) is 27.2 Å². The van der Waals surface area contributed by atoms with Crippen molar-refractivity contribution in [2.24, 2.45) is 5.92 Å². The van der Waals surface area contributed by atoms with E-state index in [-0.39, 0.29) is 12.3 Å². The Balaban J connectivity index is 1.92.